The molecule has 1 aromatic carbocycles. The molecule has 0 spiro atoms. The van der Waals surface area contributed by atoms with Crippen molar-refractivity contribution in [2.24, 2.45) is 5.41 Å². The molecule has 0 amide bonds. The second-order valence-corrected chi connectivity index (χ2v) is 12.0. The Kier molecular flexibility index (Phi) is 8.27. The van der Waals surface area contributed by atoms with Crippen LogP contribution in [-0.4, -0.2) is 38.8 Å². The number of sulfonamides is 2. The van der Waals surface area contributed by atoms with Crippen molar-refractivity contribution < 1.29 is 43.2 Å². The van der Waals surface area contributed by atoms with Gasteiger partial charge in [-0.1, -0.05) is 50.0 Å². The van der Waals surface area contributed by atoms with Gasteiger partial charge in [0.05, 0.1) is 11.3 Å². The highest BCUT2D eigenvalue weighted by molar-refractivity contribution is 8.04. The zero-order valence-electron chi connectivity index (χ0n) is 17.4. The summed E-state index contributed by atoms with van der Waals surface area (Å²) in [7, 11) is -12.0. The van der Waals surface area contributed by atoms with Crippen LogP contribution in [0.25, 0.3) is 0 Å². The van der Waals surface area contributed by atoms with Gasteiger partial charge in [0.1, 0.15) is 0 Å². The number of rotatable bonds is 8. The normalized spacial score (nSPS) is 15.3. The molecular formula is C18H25F6NO4S2. The van der Waals surface area contributed by atoms with Crippen molar-refractivity contribution in [3.05, 3.63) is 29.8 Å². The maximum Gasteiger partial charge on any atom is 0.512 e. The lowest BCUT2D eigenvalue weighted by molar-refractivity contribution is -0.134. The maximum atomic E-state index is 13.0. The summed E-state index contributed by atoms with van der Waals surface area (Å²) >= 11 is 0. The average Bonchev–Trinajstić information content (AvgIpc) is 2.56. The minimum Gasteiger partial charge on any atom is -0.206 e. The van der Waals surface area contributed by atoms with Crippen molar-refractivity contribution >= 4 is 20.0 Å². The molecule has 0 aliphatic heterocycles. The molecule has 0 saturated heterocycles. The summed E-state index contributed by atoms with van der Waals surface area (Å²) in [6.07, 6.45) is -5.60. The molecule has 0 radical (unpaired) electrons. The first-order chi connectivity index (χ1) is 13.7. The summed E-state index contributed by atoms with van der Waals surface area (Å²) in [5, 5.41) is 0. The van der Waals surface area contributed by atoms with Gasteiger partial charge in [-0.25, -0.2) is 16.8 Å². The number of hydrogen-bond acceptors (Lipinski definition) is 4. The van der Waals surface area contributed by atoms with Crippen LogP contribution in [0.1, 0.15) is 58.4 Å². The van der Waals surface area contributed by atoms with Crippen molar-refractivity contribution in [2.75, 3.05) is 6.54 Å². The first-order valence-corrected chi connectivity index (χ1v) is 12.1. The van der Waals surface area contributed by atoms with Crippen LogP contribution in [0.3, 0.4) is 0 Å². The second kappa shape index (κ2) is 9.26. The highest BCUT2D eigenvalue weighted by Crippen LogP contribution is 2.39. The molecule has 31 heavy (non-hydrogen) atoms. The van der Waals surface area contributed by atoms with Gasteiger partial charge < -0.3 is 0 Å². The second-order valence-electron chi connectivity index (χ2n) is 8.09. The molecule has 0 saturated carbocycles. The molecule has 0 bridgehead atoms. The molecule has 180 valence electrons. The summed E-state index contributed by atoms with van der Waals surface area (Å²) in [4.78, 5) is -0.851. The highest BCUT2D eigenvalue weighted by atomic mass is 32.3. The number of alkyl halides is 6. The molecule has 5 nitrogen and oxygen atoms in total. The molecule has 0 fully saturated rings. The Labute approximate surface area is 178 Å². The number of nitrogens with zero attached hydrogens (tertiary/aromatic N) is 1. The summed E-state index contributed by atoms with van der Waals surface area (Å²) in [6.45, 7) is 5.88. The maximum absolute atomic E-state index is 13.0. The van der Waals surface area contributed by atoms with E-state index in [2.05, 4.69) is 0 Å². The molecular weight excluding hydrogens is 472 g/mol. The summed E-state index contributed by atoms with van der Waals surface area (Å²) < 4.78 is 124. The minimum atomic E-state index is -6.58. The zero-order chi connectivity index (χ0) is 24.5. The first kappa shape index (κ1) is 27.7. The van der Waals surface area contributed by atoms with E-state index in [-0.39, 0.29) is 11.3 Å². The average molecular weight is 498 g/mol. The molecule has 0 aliphatic carbocycles. The third kappa shape index (κ3) is 6.82. The third-order valence-corrected chi connectivity index (χ3v) is 8.68. The summed E-state index contributed by atoms with van der Waals surface area (Å²) in [6, 6.07) is 4.48. The van der Waals surface area contributed by atoms with Crippen LogP contribution < -0.4 is 0 Å². The smallest absolute Gasteiger partial charge is 0.206 e. The topological polar surface area (TPSA) is 71.5 Å². The molecule has 1 atom stereocenters. The lowest BCUT2D eigenvalue weighted by Crippen LogP contribution is -2.45. The van der Waals surface area contributed by atoms with Gasteiger partial charge in [-0.15, -0.1) is 0 Å². The predicted octanol–water partition coefficient (Wildman–Crippen LogP) is 5.41. The van der Waals surface area contributed by atoms with Crippen molar-refractivity contribution in [3.63, 3.8) is 0 Å². The van der Waals surface area contributed by atoms with Crippen LogP contribution in [0.5, 0.6) is 0 Å². The van der Waals surface area contributed by atoms with E-state index in [1.807, 2.05) is 27.7 Å². The van der Waals surface area contributed by atoms with Gasteiger partial charge in [0, 0.05) is 6.54 Å². The fourth-order valence-electron chi connectivity index (χ4n) is 3.08. The highest BCUT2D eigenvalue weighted by Gasteiger charge is 2.55. The minimum absolute atomic E-state index is 0.0329. The predicted molar refractivity (Wildman–Crippen MR) is 103 cm³/mol. The molecule has 0 heterocycles. The first-order valence-electron chi connectivity index (χ1n) is 9.26. The summed E-state index contributed by atoms with van der Waals surface area (Å²) in [5.74, 6) is -0.0329. The Balaban J connectivity index is 3.47. The summed E-state index contributed by atoms with van der Waals surface area (Å²) in [5.41, 5.74) is -5.65. The Morgan fingerprint density at radius 1 is 0.903 bits per heavy atom. The Morgan fingerprint density at radius 3 is 1.74 bits per heavy atom. The van der Waals surface area contributed by atoms with Crippen LogP contribution in [0, 0.1) is 5.41 Å². The van der Waals surface area contributed by atoms with Gasteiger partial charge in [0.25, 0.3) is 10.0 Å². The molecule has 13 heteroatoms. The molecule has 1 unspecified atom stereocenters. The fourth-order valence-corrected chi connectivity index (χ4v) is 6.24. The third-order valence-electron chi connectivity index (χ3n) is 4.61. The quantitative estimate of drug-likeness (QED) is 0.451. The van der Waals surface area contributed by atoms with Gasteiger partial charge in [0.15, 0.2) is 0 Å². The van der Waals surface area contributed by atoms with E-state index < -0.39 is 53.3 Å². The largest absolute Gasteiger partial charge is 0.512 e. The van der Waals surface area contributed by atoms with Crippen molar-refractivity contribution in [2.45, 2.75) is 69.5 Å². The fraction of sp³-hybridized carbons (Fsp3) is 0.667. The van der Waals surface area contributed by atoms with Gasteiger partial charge in [-0.2, -0.15) is 26.3 Å². The zero-order valence-corrected chi connectivity index (χ0v) is 19.0. The van der Waals surface area contributed by atoms with Crippen LogP contribution in [0.4, 0.5) is 26.3 Å². The van der Waals surface area contributed by atoms with E-state index in [4.69, 9.17) is 0 Å². The van der Waals surface area contributed by atoms with Crippen LogP contribution >= 0.6 is 0 Å². The van der Waals surface area contributed by atoms with E-state index >= 15 is 0 Å². The van der Waals surface area contributed by atoms with E-state index in [0.717, 1.165) is 25.0 Å². The lowest BCUT2D eigenvalue weighted by atomic mass is 9.74. The van der Waals surface area contributed by atoms with E-state index in [1.165, 1.54) is 12.1 Å². The van der Waals surface area contributed by atoms with Crippen LogP contribution in [0.2, 0.25) is 0 Å². The van der Waals surface area contributed by atoms with Crippen LogP contribution in [0.15, 0.2) is 29.2 Å². The molecule has 1 aromatic rings. The lowest BCUT2D eigenvalue weighted by Gasteiger charge is -2.31. The number of benzene rings is 1. The Bertz CT molecular complexity index is 947. The SMILES string of the molecule is CCCC(c1ccc(S(=O)(=O)N(CCC(F)(F)F)S(=O)(=O)C(F)(F)F)cc1)C(C)(C)C. The number of hydrogen-bond donors (Lipinski definition) is 0. The van der Waals surface area contributed by atoms with Gasteiger partial charge in [-0.3, -0.25) is 0 Å². The number of halogens is 6. The van der Waals surface area contributed by atoms with Gasteiger partial charge >= 0.3 is 21.7 Å². The van der Waals surface area contributed by atoms with Crippen molar-refractivity contribution in [1.29, 1.82) is 0 Å². The molecule has 0 N–H and O–H groups in total. The van der Waals surface area contributed by atoms with Crippen LogP contribution in [-0.2, 0) is 20.0 Å². The standard InChI is InChI=1S/C18H25F6NO4S2/c1-5-6-15(16(2,3)4)13-7-9-14(10-8-13)30(26,27)25(12-11-17(19,20)21)31(28,29)18(22,23)24/h7-10,15H,5-6,11-12H2,1-4H3. The monoisotopic (exact) mass is 497 g/mol. The van der Waals surface area contributed by atoms with Gasteiger partial charge in [-0.05, 0) is 35.4 Å². The van der Waals surface area contributed by atoms with E-state index in [0.29, 0.717) is 5.56 Å². The molecule has 1 rings (SSSR count). The molecule has 0 aliphatic rings. The van der Waals surface area contributed by atoms with E-state index in [1.54, 1.807) is 0 Å². The van der Waals surface area contributed by atoms with Crippen molar-refractivity contribution in [3.8, 4) is 0 Å². The van der Waals surface area contributed by atoms with Gasteiger partial charge in [0.2, 0.25) is 0 Å². The Hall–Kier alpha value is -1.34. The van der Waals surface area contributed by atoms with Crippen molar-refractivity contribution in [1.82, 2.24) is 3.71 Å². The Morgan fingerprint density at radius 2 is 1.39 bits per heavy atom. The van der Waals surface area contributed by atoms with E-state index in [9.17, 15) is 43.2 Å². The molecule has 0 aromatic heterocycles.